The fourth-order valence-corrected chi connectivity index (χ4v) is 4.02. The van der Waals surface area contributed by atoms with Crippen molar-refractivity contribution in [3.63, 3.8) is 0 Å². The molecule has 1 aliphatic rings. The van der Waals surface area contributed by atoms with Crippen LogP contribution < -0.4 is 11.1 Å². The molecule has 0 aromatic heterocycles. The minimum atomic E-state index is -3.16. The lowest BCUT2D eigenvalue weighted by Gasteiger charge is -2.12. The summed E-state index contributed by atoms with van der Waals surface area (Å²) < 4.78 is 29.6. The standard InChI is InChI=1S/C16H24N2O4S.ClH/c17-11-14-7-8-15(22-14)16(19)18-9-4-10-23(20,21)12-13-5-2-1-3-6-13;/h1-3,5-6,14-15H,4,7-12,17H2,(H,18,19);1H/t14-,15+;/m1./s1. The third-order valence-electron chi connectivity index (χ3n) is 3.82. The first-order valence-corrected chi connectivity index (χ1v) is 9.70. The van der Waals surface area contributed by atoms with Gasteiger partial charge in [-0.15, -0.1) is 12.4 Å². The molecule has 1 saturated heterocycles. The highest BCUT2D eigenvalue weighted by atomic mass is 35.5. The van der Waals surface area contributed by atoms with E-state index in [4.69, 9.17) is 10.5 Å². The summed E-state index contributed by atoms with van der Waals surface area (Å²) in [5.74, 6) is -0.0911. The van der Waals surface area contributed by atoms with E-state index < -0.39 is 15.9 Å². The van der Waals surface area contributed by atoms with Crippen LogP contribution in [0.15, 0.2) is 30.3 Å². The average Bonchev–Trinajstić information content (AvgIpc) is 3.01. The second kappa shape index (κ2) is 9.98. The number of hydrogen-bond donors (Lipinski definition) is 2. The number of nitrogens with one attached hydrogen (secondary N) is 1. The molecule has 0 saturated carbocycles. The molecule has 1 fully saturated rings. The number of sulfone groups is 1. The van der Waals surface area contributed by atoms with Gasteiger partial charge in [-0.05, 0) is 24.8 Å². The van der Waals surface area contributed by atoms with Gasteiger partial charge in [-0.2, -0.15) is 0 Å². The molecule has 1 aromatic carbocycles. The van der Waals surface area contributed by atoms with Gasteiger partial charge < -0.3 is 15.8 Å². The van der Waals surface area contributed by atoms with E-state index in [0.29, 0.717) is 25.9 Å². The molecule has 24 heavy (non-hydrogen) atoms. The monoisotopic (exact) mass is 376 g/mol. The predicted octanol–water partition coefficient (Wildman–Crippen LogP) is 1.04. The highest BCUT2D eigenvalue weighted by molar-refractivity contribution is 7.90. The predicted molar refractivity (Wildman–Crippen MR) is 95.8 cm³/mol. The Morgan fingerprint density at radius 1 is 1.25 bits per heavy atom. The Morgan fingerprint density at radius 3 is 2.58 bits per heavy atom. The molecular formula is C16H25ClN2O4S. The minimum Gasteiger partial charge on any atom is -0.364 e. The zero-order valence-electron chi connectivity index (χ0n) is 13.5. The second-order valence-corrected chi connectivity index (χ2v) is 7.97. The lowest BCUT2D eigenvalue weighted by molar-refractivity contribution is -0.131. The van der Waals surface area contributed by atoms with E-state index in [2.05, 4.69) is 5.32 Å². The Morgan fingerprint density at radius 2 is 1.96 bits per heavy atom. The van der Waals surface area contributed by atoms with Gasteiger partial charge in [0.15, 0.2) is 9.84 Å². The summed E-state index contributed by atoms with van der Waals surface area (Å²) in [6, 6.07) is 9.09. The van der Waals surface area contributed by atoms with E-state index in [0.717, 1.165) is 12.0 Å². The van der Waals surface area contributed by atoms with E-state index in [1.54, 1.807) is 12.1 Å². The summed E-state index contributed by atoms with van der Waals surface area (Å²) >= 11 is 0. The van der Waals surface area contributed by atoms with E-state index in [1.165, 1.54) is 0 Å². The third-order valence-corrected chi connectivity index (χ3v) is 5.51. The first-order chi connectivity index (χ1) is 11.0. The molecule has 136 valence electrons. The molecule has 0 radical (unpaired) electrons. The zero-order valence-corrected chi connectivity index (χ0v) is 15.2. The molecule has 0 unspecified atom stereocenters. The number of amides is 1. The van der Waals surface area contributed by atoms with Crippen LogP contribution >= 0.6 is 12.4 Å². The summed E-state index contributed by atoms with van der Waals surface area (Å²) in [5.41, 5.74) is 6.29. The van der Waals surface area contributed by atoms with Crippen molar-refractivity contribution in [3.05, 3.63) is 35.9 Å². The fourth-order valence-electron chi connectivity index (χ4n) is 2.59. The minimum absolute atomic E-state index is 0. The maximum Gasteiger partial charge on any atom is 0.249 e. The van der Waals surface area contributed by atoms with Crippen LogP contribution in [0.5, 0.6) is 0 Å². The Balaban J connectivity index is 0.00000288. The molecule has 1 amide bonds. The Kier molecular flexibility index (Phi) is 8.69. The molecule has 1 aromatic rings. The van der Waals surface area contributed by atoms with Crippen molar-refractivity contribution < 1.29 is 17.9 Å². The quantitative estimate of drug-likeness (QED) is 0.660. The molecular weight excluding hydrogens is 352 g/mol. The van der Waals surface area contributed by atoms with Gasteiger partial charge in [0.1, 0.15) is 6.10 Å². The highest BCUT2D eigenvalue weighted by Crippen LogP contribution is 2.18. The van der Waals surface area contributed by atoms with Crippen molar-refractivity contribution in [2.24, 2.45) is 5.73 Å². The Bertz CT molecular complexity index is 610. The summed E-state index contributed by atoms with van der Waals surface area (Å²) in [6.07, 6.45) is 1.36. The van der Waals surface area contributed by atoms with Gasteiger partial charge in [-0.1, -0.05) is 30.3 Å². The number of carbonyl (C=O) groups is 1. The summed E-state index contributed by atoms with van der Waals surface area (Å²) in [5, 5.41) is 2.74. The largest absolute Gasteiger partial charge is 0.364 e. The first kappa shape index (κ1) is 20.9. The van der Waals surface area contributed by atoms with Gasteiger partial charge in [-0.3, -0.25) is 4.79 Å². The molecule has 6 nitrogen and oxygen atoms in total. The molecule has 8 heteroatoms. The zero-order chi connectivity index (χ0) is 16.7. The normalized spacial score (nSPS) is 20.4. The van der Waals surface area contributed by atoms with Crippen molar-refractivity contribution in [1.29, 1.82) is 0 Å². The smallest absolute Gasteiger partial charge is 0.249 e. The summed E-state index contributed by atoms with van der Waals surface area (Å²) in [7, 11) is -3.16. The van der Waals surface area contributed by atoms with E-state index in [9.17, 15) is 13.2 Å². The SMILES string of the molecule is Cl.NC[C@H]1CC[C@@H](C(=O)NCCCS(=O)(=O)Cc2ccccc2)O1. The van der Waals surface area contributed by atoms with Crippen LogP contribution in [0.3, 0.4) is 0 Å². The van der Waals surface area contributed by atoms with Crippen LogP contribution in [0.4, 0.5) is 0 Å². The molecule has 2 rings (SSSR count). The lowest BCUT2D eigenvalue weighted by atomic mass is 10.2. The van der Waals surface area contributed by atoms with E-state index in [1.807, 2.05) is 18.2 Å². The van der Waals surface area contributed by atoms with Gasteiger partial charge in [0.25, 0.3) is 0 Å². The molecule has 3 N–H and O–H groups in total. The van der Waals surface area contributed by atoms with Crippen LogP contribution in [-0.4, -0.2) is 45.4 Å². The number of benzene rings is 1. The number of hydrogen-bond acceptors (Lipinski definition) is 5. The van der Waals surface area contributed by atoms with Crippen LogP contribution in [-0.2, 0) is 25.1 Å². The van der Waals surface area contributed by atoms with Crippen LogP contribution in [0.1, 0.15) is 24.8 Å². The number of halogens is 1. The number of ether oxygens (including phenoxy) is 1. The first-order valence-electron chi connectivity index (χ1n) is 7.88. The molecule has 2 atom stereocenters. The average molecular weight is 377 g/mol. The lowest BCUT2D eigenvalue weighted by Crippen LogP contribution is -2.36. The molecule has 1 heterocycles. The summed E-state index contributed by atoms with van der Waals surface area (Å²) in [6.45, 7) is 0.752. The molecule has 0 spiro atoms. The molecule has 0 aliphatic carbocycles. The maximum absolute atomic E-state index is 12.0. The molecule has 0 bridgehead atoms. The third kappa shape index (κ3) is 6.76. The van der Waals surface area contributed by atoms with Gasteiger partial charge in [-0.25, -0.2) is 8.42 Å². The fraction of sp³-hybridized carbons (Fsp3) is 0.562. The van der Waals surface area contributed by atoms with E-state index >= 15 is 0 Å². The number of nitrogens with two attached hydrogens (primary N) is 1. The number of carbonyl (C=O) groups excluding carboxylic acids is 1. The van der Waals surface area contributed by atoms with E-state index in [-0.39, 0.29) is 35.9 Å². The maximum atomic E-state index is 12.0. The van der Waals surface area contributed by atoms with Gasteiger partial charge in [0.2, 0.25) is 5.91 Å². The molecule has 1 aliphatic heterocycles. The van der Waals surface area contributed by atoms with Crippen LogP contribution in [0.2, 0.25) is 0 Å². The van der Waals surface area contributed by atoms with Gasteiger partial charge >= 0.3 is 0 Å². The van der Waals surface area contributed by atoms with Gasteiger partial charge in [0.05, 0.1) is 17.6 Å². The van der Waals surface area contributed by atoms with Crippen molar-refractivity contribution in [1.82, 2.24) is 5.32 Å². The van der Waals surface area contributed by atoms with Gasteiger partial charge in [0, 0.05) is 13.1 Å². The number of rotatable bonds is 8. The Labute approximate surface area is 149 Å². The van der Waals surface area contributed by atoms with Crippen molar-refractivity contribution in [3.8, 4) is 0 Å². The highest BCUT2D eigenvalue weighted by Gasteiger charge is 2.29. The van der Waals surface area contributed by atoms with Crippen LogP contribution in [0, 0.1) is 0 Å². The van der Waals surface area contributed by atoms with Crippen LogP contribution in [0.25, 0.3) is 0 Å². The summed E-state index contributed by atoms with van der Waals surface area (Å²) in [4.78, 5) is 11.9. The van der Waals surface area contributed by atoms with Crippen molar-refractivity contribution in [2.75, 3.05) is 18.8 Å². The van der Waals surface area contributed by atoms with Crippen molar-refractivity contribution >= 4 is 28.2 Å². The topological polar surface area (TPSA) is 98.5 Å². The Hall–Kier alpha value is -1.15. The van der Waals surface area contributed by atoms with Crippen molar-refractivity contribution in [2.45, 2.75) is 37.2 Å². The second-order valence-electron chi connectivity index (χ2n) is 5.78.